The smallest absolute Gasteiger partial charge is 0.166 e. The Labute approximate surface area is 271 Å². The number of halogens is 6. The van der Waals surface area contributed by atoms with E-state index in [0.29, 0.717) is 43.8 Å². The first-order valence-electron chi connectivity index (χ1n) is 15.3. The van der Waals surface area contributed by atoms with Gasteiger partial charge in [0.25, 0.3) is 0 Å². The van der Waals surface area contributed by atoms with Crippen LogP contribution in [0.2, 0.25) is 0 Å². The van der Waals surface area contributed by atoms with Crippen LogP contribution in [0.15, 0.2) is 146 Å². The first kappa shape index (κ1) is 29.8. The predicted octanol–water partition coefficient (Wildman–Crippen LogP) is 13.3. The van der Waals surface area contributed by atoms with E-state index in [2.05, 4.69) is 0 Å². The molecule has 0 aliphatic rings. The molecule has 6 heteroatoms. The number of benzene rings is 8. The zero-order valence-electron chi connectivity index (χ0n) is 25.1. The van der Waals surface area contributed by atoms with Gasteiger partial charge in [-0.05, 0) is 101 Å². The van der Waals surface area contributed by atoms with Crippen molar-refractivity contribution in [3.63, 3.8) is 0 Å². The van der Waals surface area contributed by atoms with Crippen LogP contribution in [-0.2, 0) is 12.4 Å². The van der Waals surface area contributed by atoms with E-state index in [1.165, 1.54) is 12.1 Å². The Balaban J connectivity index is 1.47. The first-order valence-corrected chi connectivity index (χ1v) is 15.3. The third-order valence-electron chi connectivity index (χ3n) is 9.10. The molecule has 0 bridgehead atoms. The monoisotopic (exact) mass is 642 g/mol. The third kappa shape index (κ3) is 4.96. The number of fused-ring (bicyclic) bond motifs is 4. The maximum atomic E-state index is 14.2. The molecule has 0 fully saturated rings. The van der Waals surface area contributed by atoms with Gasteiger partial charge in [0.1, 0.15) is 0 Å². The average Bonchev–Trinajstić information content (AvgIpc) is 3.09. The van der Waals surface area contributed by atoms with Gasteiger partial charge >= 0.3 is 12.4 Å². The molecular formula is C42H24F6. The second kappa shape index (κ2) is 11.0. The van der Waals surface area contributed by atoms with Crippen molar-refractivity contribution in [1.29, 1.82) is 0 Å². The van der Waals surface area contributed by atoms with Gasteiger partial charge in [-0.2, -0.15) is 26.3 Å². The van der Waals surface area contributed by atoms with Gasteiger partial charge in [-0.3, -0.25) is 0 Å². The Kier molecular flexibility index (Phi) is 6.81. The fraction of sp³-hybridized carbons (Fsp3) is 0.0476. The van der Waals surface area contributed by atoms with Crippen molar-refractivity contribution in [1.82, 2.24) is 0 Å². The lowest BCUT2D eigenvalue weighted by molar-refractivity contribution is -0.138. The lowest BCUT2D eigenvalue weighted by Gasteiger charge is -2.21. The molecule has 0 nitrogen and oxygen atoms in total. The molecule has 8 rings (SSSR count). The van der Waals surface area contributed by atoms with Crippen molar-refractivity contribution >= 4 is 43.1 Å². The minimum atomic E-state index is -4.63. The number of alkyl halides is 6. The van der Waals surface area contributed by atoms with Crippen LogP contribution >= 0.6 is 0 Å². The second-order valence-corrected chi connectivity index (χ2v) is 11.9. The van der Waals surface area contributed by atoms with E-state index in [4.69, 9.17) is 0 Å². The molecule has 0 unspecified atom stereocenters. The molecule has 8 aromatic carbocycles. The minimum absolute atomic E-state index is 0.304. The van der Waals surface area contributed by atoms with Crippen LogP contribution in [0.5, 0.6) is 0 Å². The predicted molar refractivity (Wildman–Crippen MR) is 183 cm³/mol. The molecule has 0 aliphatic heterocycles. The highest BCUT2D eigenvalue weighted by Gasteiger charge is 2.33. The molecule has 0 aliphatic carbocycles. The van der Waals surface area contributed by atoms with Crippen molar-refractivity contribution < 1.29 is 26.3 Å². The fourth-order valence-corrected chi connectivity index (χ4v) is 6.92. The summed E-state index contributed by atoms with van der Waals surface area (Å²) in [5.41, 5.74) is 2.36. The van der Waals surface area contributed by atoms with Gasteiger partial charge in [0.2, 0.25) is 0 Å². The second-order valence-electron chi connectivity index (χ2n) is 11.9. The third-order valence-corrected chi connectivity index (χ3v) is 9.10. The Morgan fingerprint density at radius 1 is 0.312 bits per heavy atom. The molecule has 0 N–H and O–H groups in total. The Hall–Kier alpha value is -5.62. The summed E-state index contributed by atoms with van der Waals surface area (Å²) in [6.45, 7) is 0. The van der Waals surface area contributed by atoms with Gasteiger partial charge in [-0.15, -0.1) is 0 Å². The van der Waals surface area contributed by atoms with E-state index in [1.807, 2.05) is 109 Å². The Morgan fingerprint density at radius 2 is 0.750 bits per heavy atom. The maximum Gasteiger partial charge on any atom is 0.416 e. The topological polar surface area (TPSA) is 0 Å². The molecule has 0 amide bonds. The molecule has 0 spiro atoms. The van der Waals surface area contributed by atoms with Crippen molar-refractivity contribution in [2.75, 3.05) is 0 Å². The quantitative estimate of drug-likeness (QED) is 0.133. The summed E-state index contributed by atoms with van der Waals surface area (Å²) >= 11 is 0. The van der Waals surface area contributed by atoms with Crippen LogP contribution in [0.4, 0.5) is 26.3 Å². The van der Waals surface area contributed by atoms with Crippen molar-refractivity contribution in [3.8, 4) is 33.4 Å². The molecule has 0 radical (unpaired) electrons. The Bertz CT molecular complexity index is 2510. The SMILES string of the molecule is FC(F)(F)c1ccc2c(-c3cccc4ccccc34)c3cc(C(F)(F)F)ccc3c(-c3ccc(-c4cccc5ccccc45)cc3)c2c1. The summed E-state index contributed by atoms with van der Waals surface area (Å²) < 4.78 is 85.3. The highest BCUT2D eigenvalue weighted by molar-refractivity contribution is 6.23. The minimum Gasteiger partial charge on any atom is -0.166 e. The fourth-order valence-electron chi connectivity index (χ4n) is 6.92. The number of hydrogen-bond donors (Lipinski definition) is 0. The van der Waals surface area contributed by atoms with E-state index < -0.39 is 23.5 Å². The van der Waals surface area contributed by atoms with Crippen LogP contribution < -0.4 is 0 Å². The molecule has 234 valence electrons. The highest BCUT2D eigenvalue weighted by Crippen LogP contribution is 2.48. The lowest BCUT2D eigenvalue weighted by atomic mass is 9.83. The summed E-state index contributed by atoms with van der Waals surface area (Å²) in [4.78, 5) is 0. The molecule has 0 saturated carbocycles. The molecule has 0 heterocycles. The Morgan fingerprint density at radius 3 is 1.31 bits per heavy atom. The number of rotatable bonds is 3. The van der Waals surface area contributed by atoms with Crippen molar-refractivity contribution in [2.24, 2.45) is 0 Å². The molecule has 0 aromatic heterocycles. The average molecular weight is 643 g/mol. The molecular weight excluding hydrogens is 618 g/mol. The highest BCUT2D eigenvalue weighted by atomic mass is 19.4. The lowest BCUT2D eigenvalue weighted by Crippen LogP contribution is -2.06. The summed E-state index contributed by atoms with van der Waals surface area (Å²) in [6.07, 6.45) is -9.25. The summed E-state index contributed by atoms with van der Waals surface area (Å²) in [5, 5.41) is 5.24. The normalized spacial score (nSPS) is 12.4. The van der Waals surface area contributed by atoms with E-state index in [9.17, 15) is 26.3 Å². The van der Waals surface area contributed by atoms with Gasteiger partial charge in [-0.25, -0.2) is 0 Å². The van der Waals surface area contributed by atoms with Gasteiger partial charge in [0.05, 0.1) is 11.1 Å². The van der Waals surface area contributed by atoms with Crippen LogP contribution in [0.25, 0.3) is 76.5 Å². The van der Waals surface area contributed by atoms with E-state index in [0.717, 1.165) is 56.9 Å². The van der Waals surface area contributed by atoms with Gasteiger partial charge < -0.3 is 0 Å². The van der Waals surface area contributed by atoms with Crippen LogP contribution in [0, 0.1) is 0 Å². The number of hydrogen-bond acceptors (Lipinski definition) is 0. The standard InChI is InChI=1S/C42H24F6/c43-41(44,45)29-20-22-36-37(23-29)39(28-17-15-27(16-18-28)32-13-5-9-25-7-1-3-11-31(25)32)35-21-19-30(42(46,47)48)24-38(35)40(36)34-14-6-10-26-8-2-4-12-33(26)34/h1-24H. The van der Waals surface area contributed by atoms with E-state index >= 15 is 0 Å². The van der Waals surface area contributed by atoms with E-state index in [-0.39, 0.29) is 0 Å². The summed E-state index contributed by atoms with van der Waals surface area (Å²) in [5.74, 6) is 0. The van der Waals surface area contributed by atoms with Crippen LogP contribution in [0.3, 0.4) is 0 Å². The van der Waals surface area contributed by atoms with Crippen molar-refractivity contribution in [3.05, 3.63) is 157 Å². The molecule has 0 saturated heterocycles. The first-order chi connectivity index (χ1) is 23.1. The zero-order valence-corrected chi connectivity index (χ0v) is 25.1. The van der Waals surface area contributed by atoms with Gasteiger partial charge in [0, 0.05) is 0 Å². The van der Waals surface area contributed by atoms with E-state index in [1.54, 1.807) is 0 Å². The van der Waals surface area contributed by atoms with Gasteiger partial charge in [0.15, 0.2) is 0 Å². The molecule has 48 heavy (non-hydrogen) atoms. The zero-order chi connectivity index (χ0) is 33.2. The van der Waals surface area contributed by atoms with Crippen molar-refractivity contribution in [2.45, 2.75) is 12.4 Å². The van der Waals surface area contributed by atoms with Gasteiger partial charge in [-0.1, -0.05) is 121 Å². The molecule has 8 aromatic rings. The molecule has 0 atom stereocenters. The summed E-state index contributed by atoms with van der Waals surface area (Å²) in [7, 11) is 0. The summed E-state index contributed by atoms with van der Waals surface area (Å²) in [6, 6.07) is 41.5. The van der Waals surface area contributed by atoms with Crippen LogP contribution in [0.1, 0.15) is 11.1 Å². The maximum absolute atomic E-state index is 14.2. The van der Waals surface area contributed by atoms with Crippen LogP contribution in [-0.4, -0.2) is 0 Å². The largest absolute Gasteiger partial charge is 0.416 e.